The first kappa shape index (κ1) is 10.3. The summed E-state index contributed by atoms with van der Waals surface area (Å²) < 4.78 is 0. The van der Waals surface area contributed by atoms with Gasteiger partial charge < -0.3 is 16.0 Å². The highest BCUT2D eigenvalue weighted by atomic mass is 16.2. The van der Waals surface area contributed by atoms with Crippen LogP contribution in [0.5, 0.6) is 0 Å². The molecule has 0 aliphatic carbocycles. The molecule has 1 saturated heterocycles. The first-order valence-electron chi connectivity index (χ1n) is 5.68. The fraction of sp³-hybridized carbons (Fsp3) is 0.333. The lowest BCUT2D eigenvalue weighted by Crippen LogP contribution is -2.56. The van der Waals surface area contributed by atoms with Crippen molar-refractivity contribution in [3.63, 3.8) is 0 Å². The summed E-state index contributed by atoms with van der Waals surface area (Å²) in [5.41, 5.74) is 1.70. The molecule has 2 heterocycles. The van der Waals surface area contributed by atoms with E-state index in [1.165, 1.54) is 0 Å². The summed E-state index contributed by atoms with van der Waals surface area (Å²) in [5.74, 6) is -0.639. The minimum Gasteiger partial charge on any atom is -0.353 e. The number of carbonyl (C=O) groups is 2. The maximum absolute atomic E-state index is 11.9. The normalized spacial score (nSPS) is 27.3. The van der Waals surface area contributed by atoms with Gasteiger partial charge in [0.25, 0.3) is 0 Å². The Bertz CT molecular complexity index is 486. The minimum atomic E-state index is -0.465. The average molecular weight is 231 g/mol. The number of nitrogens with one attached hydrogen (secondary N) is 3. The van der Waals surface area contributed by atoms with Crippen molar-refractivity contribution in [3.05, 3.63) is 29.8 Å². The summed E-state index contributed by atoms with van der Waals surface area (Å²) in [6.45, 7) is 1.31. The summed E-state index contributed by atoms with van der Waals surface area (Å²) in [5, 5.41) is 8.69. The van der Waals surface area contributed by atoms with Gasteiger partial charge in [-0.25, -0.2) is 0 Å². The molecule has 0 aromatic heterocycles. The molecule has 0 spiro atoms. The third-order valence-corrected chi connectivity index (χ3v) is 3.24. The number of piperazine rings is 1. The summed E-state index contributed by atoms with van der Waals surface area (Å²) in [4.78, 5) is 23.7. The van der Waals surface area contributed by atoms with Gasteiger partial charge in [0.15, 0.2) is 0 Å². The molecule has 0 radical (unpaired) electrons. The zero-order chi connectivity index (χ0) is 11.8. The van der Waals surface area contributed by atoms with Crippen molar-refractivity contribution in [2.75, 3.05) is 18.4 Å². The van der Waals surface area contributed by atoms with Crippen LogP contribution in [0.2, 0.25) is 0 Å². The van der Waals surface area contributed by atoms with Crippen molar-refractivity contribution >= 4 is 17.5 Å². The zero-order valence-corrected chi connectivity index (χ0v) is 9.19. The molecule has 2 amide bonds. The van der Waals surface area contributed by atoms with Gasteiger partial charge >= 0.3 is 0 Å². The zero-order valence-electron chi connectivity index (χ0n) is 9.19. The number of benzene rings is 1. The third kappa shape index (κ3) is 1.59. The monoisotopic (exact) mass is 231 g/mol. The molecule has 3 N–H and O–H groups in total. The third-order valence-electron chi connectivity index (χ3n) is 3.24. The van der Waals surface area contributed by atoms with Crippen molar-refractivity contribution < 1.29 is 9.59 Å². The number of hydrogen-bond acceptors (Lipinski definition) is 3. The molecule has 1 fully saturated rings. The highest BCUT2D eigenvalue weighted by molar-refractivity contribution is 6.06. The number of rotatable bonds is 1. The van der Waals surface area contributed by atoms with Gasteiger partial charge in [-0.1, -0.05) is 18.2 Å². The number of para-hydroxylation sites is 1. The summed E-state index contributed by atoms with van der Waals surface area (Å²) in [6, 6.07) is 7.03. The first-order chi connectivity index (χ1) is 8.27. The standard InChI is InChI=1S/C12H13N3O2/c16-11-9(10-12(17)14-6-5-13-10)7-3-1-2-4-8(7)15-11/h1-4,9-10,13H,5-6H2,(H,14,17)(H,15,16). The van der Waals surface area contributed by atoms with Crippen LogP contribution >= 0.6 is 0 Å². The van der Waals surface area contributed by atoms with Crippen LogP contribution < -0.4 is 16.0 Å². The van der Waals surface area contributed by atoms with Crippen LogP contribution in [0.1, 0.15) is 11.5 Å². The minimum absolute atomic E-state index is 0.104. The van der Waals surface area contributed by atoms with E-state index in [0.717, 1.165) is 11.3 Å². The number of fused-ring (bicyclic) bond motifs is 1. The highest BCUT2D eigenvalue weighted by Crippen LogP contribution is 2.34. The van der Waals surface area contributed by atoms with Gasteiger partial charge in [-0.3, -0.25) is 9.59 Å². The van der Waals surface area contributed by atoms with E-state index in [2.05, 4.69) is 16.0 Å². The molecule has 1 aromatic rings. The number of anilines is 1. The SMILES string of the molecule is O=C1NCCNC1C1C(=O)Nc2ccccc21. The van der Waals surface area contributed by atoms with Crippen LogP contribution in [0.15, 0.2) is 24.3 Å². The summed E-state index contributed by atoms with van der Waals surface area (Å²) in [6.07, 6.45) is 0. The van der Waals surface area contributed by atoms with Gasteiger partial charge in [-0.15, -0.1) is 0 Å². The Hall–Kier alpha value is -1.88. The van der Waals surface area contributed by atoms with E-state index < -0.39 is 12.0 Å². The van der Waals surface area contributed by atoms with Crippen LogP contribution in [0, 0.1) is 0 Å². The van der Waals surface area contributed by atoms with E-state index in [-0.39, 0.29) is 11.8 Å². The van der Waals surface area contributed by atoms with Gasteiger partial charge in [-0.05, 0) is 11.6 Å². The second-order valence-electron chi connectivity index (χ2n) is 4.28. The summed E-state index contributed by atoms with van der Waals surface area (Å²) in [7, 11) is 0. The second-order valence-corrected chi connectivity index (χ2v) is 4.28. The maximum atomic E-state index is 11.9. The van der Waals surface area contributed by atoms with Crippen molar-refractivity contribution in [1.82, 2.24) is 10.6 Å². The van der Waals surface area contributed by atoms with Crippen LogP contribution in [0.25, 0.3) is 0 Å². The average Bonchev–Trinajstić information content (AvgIpc) is 2.66. The molecule has 2 aliphatic heterocycles. The topological polar surface area (TPSA) is 70.2 Å². The van der Waals surface area contributed by atoms with Gasteiger partial charge in [0.2, 0.25) is 11.8 Å². The van der Waals surface area contributed by atoms with Crippen LogP contribution in [0.3, 0.4) is 0 Å². The Morgan fingerprint density at radius 3 is 2.71 bits per heavy atom. The quantitative estimate of drug-likeness (QED) is 0.627. The predicted octanol–water partition coefficient (Wildman–Crippen LogP) is -0.190. The van der Waals surface area contributed by atoms with Crippen LogP contribution in [-0.4, -0.2) is 30.9 Å². The van der Waals surface area contributed by atoms with Gasteiger partial charge in [0.1, 0.15) is 6.04 Å². The Labute approximate surface area is 98.6 Å². The molecule has 1 aromatic carbocycles. The van der Waals surface area contributed by atoms with E-state index in [1.807, 2.05) is 24.3 Å². The van der Waals surface area contributed by atoms with Gasteiger partial charge in [-0.2, -0.15) is 0 Å². The fourth-order valence-electron chi connectivity index (χ4n) is 2.45. The molecule has 0 bridgehead atoms. The van der Waals surface area contributed by atoms with E-state index in [4.69, 9.17) is 0 Å². The van der Waals surface area contributed by atoms with Crippen LogP contribution in [-0.2, 0) is 9.59 Å². The van der Waals surface area contributed by atoms with Crippen molar-refractivity contribution in [2.45, 2.75) is 12.0 Å². The molecule has 5 heteroatoms. The lowest BCUT2D eigenvalue weighted by Gasteiger charge is -2.27. The van der Waals surface area contributed by atoms with Crippen molar-refractivity contribution in [1.29, 1.82) is 0 Å². The molecular weight excluding hydrogens is 218 g/mol. The number of carbonyl (C=O) groups excluding carboxylic acids is 2. The van der Waals surface area contributed by atoms with Crippen molar-refractivity contribution in [3.8, 4) is 0 Å². The van der Waals surface area contributed by atoms with E-state index in [1.54, 1.807) is 0 Å². The molecule has 0 saturated carbocycles. The second kappa shape index (κ2) is 3.85. The maximum Gasteiger partial charge on any atom is 0.238 e. The van der Waals surface area contributed by atoms with E-state index in [0.29, 0.717) is 13.1 Å². The Morgan fingerprint density at radius 2 is 1.88 bits per heavy atom. The van der Waals surface area contributed by atoms with Crippen LogP contribution in [0.4, 0.5) is 5.69 Å². The smallest absolute Gasteiger partial charge is 0.238 e. The van der Waals surface area contributed by atoms with Gasteiger partial charge in [0, 0.05) is 18.8 Å². The largest absolute Gasteiger partial charge is 0.353 e. The molecule has 5 nitrogen and oxygen atoms in total. The van der Waals surface area contributed by atoms with E-state index in [9.17, 15) is 9.59 Å². The first-order valence-corrected chi connectivity index (χ1v) is 5.68. The van der Waals surface area contributed by atoms with Gasteiger partial charge in [0.05, 0.1) is 5.92 Å². The molecule has 2 unspecified atom stereocenters. The lowest BCUT2D eigenvalue weighted by molar-refractivity contribution is -0.128. The predicted molar refractivity (Wildman–Crippen MR) is 62.6 cm³/mol. The molecule has 2 atom stereocenters. The molecular formula is C12H13N3O2. The molecule has 17 heavy (non-hydrogen) atoms. The fourth-order valence-corrected chi connectivity index (χ4v) is 2.45. The Morgan fingerprint density at radius 1 is 1.06 bits per heavy atom. The van der Waals surface area contributed by atoms with E-state index >= 15 is 0 Å². The number of hydrogen-bond donors (Lipinski definition) is 3. The number of amides is 2. The molecule has 3 rings (SSSR count). The van der Waals surface area contributed by atoms with Crippen molar-refractivity contribution in [2.24, 2.45) is 0 Å². The summed E-state index contributed by atoms with van der Waals surface area (Å²) >= 11 is 0. The highest BCUT2D eigenvalue weighted by Gasteiger charge is 2.41. The lowest BCUT2D eigenvalue weighted by atomic mass is 9.91. The Balaban J connectivity index is 1.97. The molecule has 88 valence electrons. The molecule has 2 aliphatic rings. The Kier molecular flexibility index (Phi) is 2.33.